The number of anilines is 1. The van der Waals surface area contributed by atoms with Crippen LogP contribution in [0.4, 0.5) is 5.13 Å². The van der Waals surface area contributed by atoms with Gasteiger partial charge in [-0.25, -0.2) is 0 Å². The zero-order chi connectivity index (χ0) is 25.3. The summed E-state index contributed by atoms with van der Waals surface area (Å²) in [6.45, 7) is 4.27. The number of aryl methyl sites for hydroxylation is 1. The van der Waals surface area contributed by atoms with Gasteiger partial charge in [0.2, 0.25) is 16.9 Å². The van der Waals surface area contributed by atoms with Crippen molar-refractivity contribution in [2.45, 2.75) is 26.3 Å². The first kappa shape index (κ1) is 25.0. The monoisotopic (exact) mass is 496 g/mol. The Balaban J connectivity index is 1.42. The van der Waals surface area contributed by atoms with Gasteiger partial charge in [0.25, 0.3) is 0 Å². The Kier molecular flexibility index (Phi) is 8.36. The van der Waals surface area contributed by atoms with Crippen LogP contribution >= 0.6 is 11.3 Å². The van der Waals surface area contributed by atoms with Crippen LogP contribution in [-0.4, -0.2) is 33.5 Å². The Bertz CT molecular complexity index is 1320. The molecule has 0 bridgehead atoms. The molecule has 1 N–H and O–H groups in total. The topological polar surface area (TPSA) is 75.2 Å². The number of benzene rings is 3. The Morgan fingerprint density at radius 2 is 1.61 bits per heavy atom. The summed E-state index contributed by atoms with van der Waals surface area (Å²) < 4.78 is 0. The molecule has 0 aliphatic heterocycles. The highest BCUT2D eigenvalue weighted by Gasteiger charge is 2.21. The predicted molar refractivity (Wildman–Crippen MR) is 145 cm³/mol. The molecule has 4 aromatic rings. The number of nitrogens with zero attached hydrogens (tertiary/aromatic N) is 3. The lowest BCUT2D eigenvalue weighted by Crippen LogP contribution is -2.35. The number of carbonyl (C=O) groups is 2. The Morgan fingerprint density at radius 1 is 0.944 bits per heavy atom. The first-order valence-electron chi connectivity index (χ1n) is 11.8. The van der Waals surface area contributed by atoms with Crippen molar-refractivity contribution in [2.75, 3.05) is 11.9 Å². The summed E-state index contributed by atoms with van der Waals surface area (Å²) in [4.78, 5) is 27.6. The molecule has 0 aliphatic carbocycles. The van der Waals surface area contributed by atoms with Gasteiger partial charge >= 0.3 is 0 Å². The van der Waals surface area contributed by atoms with Crippen LogP contribution in [0.25, 0.3) is 16.6 Å². The van der Waals surface area contributed by atoms with E-state index in [1.165, 1.54) is 16.9 Å². The zero-order valence-electron chi connectivity index (χ0n) is 20.3. The molecule has 1 heterocycles. The van der Waals surface area contributed by atoms with Gasteiger partial charge in [-0.2, -0.15) is 0 Å². The van der Waals surface area contributed by atoms with Crippen molar-refractivity contribution >= 4 is 34.4 Å². The van der Waals surface area contributed by atoms with E-state index in [0.29, 0.717) is 5.13 Å². The van der Waals surface area contributed by atoms with Gasteiger partial charge in [0.05, 0.1) is 6.04 Å². The largest absolute Gasteiger partial charge is 0.332 e. The lowest BCUT2D eigenvalue weighted by atomic mass is 10.1. The lowest BCUT2D eigenvalue weighted by molar-refractivity contribution is -0.128. The van der Waals surface area contributed by atoms with Crippen molar-refractivity contribution in [1.82, 2.24) is 15.1 Å². The highest BCUT2D eigenvalue weighted by Crippen LogP contribution is 2.27. The molecule has 6 nitrogen and oxygen atoms in total. The van der Waals surface area contributed by atoms with Crippen molar-refractivity contribution in [1.29, 1.82) is 0 Å². The van der Waals surface area contributed by atoms with Crippen LogP contribution in [0.2, 0.25) is 0 Å². The summed E-state index contributed by atoms with van der Waals surface area (Å²) >= 11 is 1.32. The maximum absolute atomic E-state index is 13.2. The fraction of sp³-hybridized carbons (Fsp3) is 0.172. The van der Waals surface area contributed by atoms with Gasteiger partial charge in [-0.3, -0.25) is 9.59 Å². The minimum Gasteiger partial charge on any atom is -0.332 e. The fourth-order valence-corrected chi connectivity index (χ4v) is 4.49. The molecule has 182 valence electrons. The van der Waals surface area contributed by atoms with Crippen LogP contribution in [0.3, 0.4) is 0 Å². The van der Waals surface area contributed by atoms with E-state index in [1.54, 1.807) is 17.1 Å². The predicted octanol–water partition coefficient (Wildman–Crippen LogP) is 6.15. The van der Waals surface area contributed by atoms with Crippen LogP contribution in [0.15, 0.2) is 91.0 Å². The van der Waals surface area contributed by atoms with Gasteiger partial charge in [0, 0.05) is 24.6 Å². The highest BCUT2D eigenvalue weighted by molar-refractivity contribution is 7.18. The minimum absolute atomic E-state index is 0.140. The molecule has 4 rings (SSSR count). The third-order valence-corrected chi connectivity index (χ3v) is 6.69. The van der Waals surface area contributed by atoms with Gasteiger partial charge in [-0.15, -0.1) is 10.2 Å². The first-order chi connectivity index (χ1) is 17.5. The first-order valence-corrected chi connectivity index (χ1v) is 12.6. The summed E-state index contributed by atoms with van der Waals surface area (Å²) in [5, 5.41) is 12.3. The maximum Gasteiger partial charge on any atom is 0.247 e. The van der Waals surface area contributed by atoms with E-state index < -0.39 is 0 Å². The maximum atomic E-state index is 13.2. The van der Waals surface area contributed by atoms with E-state index in [9.17, 15) is 9.59 Å². The van der Waals surface area contributed by atoms with Crippen LogP contribution in [-0.2, 0) is 9.59 Å². The van der Waals surface area contributed by atoms with E-state index in [2.05, 4.69) is 15.5 Å². The van der Waals surface area contributed by atoms with Crippen molar-refractivity contribution in [3.05, 3.63) is 108 Å². The van der Waals surface area contributed by atoms with E-state index in [-0.39, 0.29) is 30.8 Å². The fourth-order valence-electron chi connectivity index (χ4n) is 3.72. The van der Waals surface area contributed by atoms with Crippen LogP contribution in [0.5, 0.6) is 0 Å². The second-order valence-corrected chi connectivity index (χ2v) is 9.42. The standard InChI is InChI=1S/C29H28N4O2S/c1-21-13-16-25(17-14-21)28-31-32-29(36-28)30-26(34)19-20-33(22(2)24-11-7-4-8-12-24)27(35)18-15-23-9-5-3-6-10-23/h3-18,22H,19-20H2,1-2H3,(H,30,32,34). The average molecular weight is 497 g/mol. The van der Waals surface area contributed by atoms with Crippen molar-refractivity contribution < 1.29 is 9.59 Å². The van der Waals surface area contributed by atoms with Crippen LogP contribution in [0.1, 0.15) is 36.1 Å². The number of amides is 2. The normalized spacial score (nSPS) is 11.8. The van der Waals surface area contributed by atoms with Gasteiger partial charge < -0.3 is 10.2 Å². The molecule has 36 heavy (non-hydrogen) atoms. The molecule has 2 amide bonds. The zero-order valence-corrected chi connectivity index (χ0v) is 21.1. The van der Waals surface area contributed by atoms with Crippen molar-refractivity contribution in [3.8, 4) is 10.6 Å². The highest BCUT2D eigenvalue weighted by atomic mass is 32.1. The average Bonchev–Trinajstić information content (AvgIpc) is 3.37. The van der Waals surface area contributed by atoms with Crippen LogP contribution in [0, 0.1) is 6.92 Å². The lowest BCUT2D eigenvalue weighted by Gasteiger charge is -2.28. The molecule has 0 aliphatic rings. The summed E-state index contributed by atoms with van der Waals surface area (Å²) in [7, 11) is 0. The molecule has 0 saturated carbocycles. The smallest absolute Gasteiger partial charge is 0.247 e. The van der Waals surface area contributed by atoms with E-state index in [4.69, 9.17) is 0 Å². The second-order valence-electron chi connectivity index (χ2n) is 8.44. The summed E-state index contributed by atoms with van der Waals surface area (Å²) in [5.74, 6) is -0.368. The van der Waals surface area contributed by atoms with Gasteiger partial charge in [-0.05, 0) is 31.1 Å². The molecular formula is C29H28N4O2S. The molecule has 1 aromatic heterocycles. The number of aromatic nitrogens is 2. The number of carbonyl (C=O) groups excluding carboxylic acids is 2. The number of rotatable bonds is 9. The Labute approximate surface area is 215 Å². The molecule has 0 radical (unpaired) electrons. The third-order valence-electron chi connectivity index (χ3n) is 5.80. The molecule has 0 spiro atoms. The molecular weight excluding hydrogens is 468 g/mol. The Morgan fingerprint density at radius 3 is 2.31 bits per heavy atom. The second kappa shape index (κ2) is 12.0. The van der Waals surface area contributed by atoms with Gasteiger partial charge in [-0.1, -0.05) is 102 Å². The summed E-state index contributed by atoms with van der Waals surface area (Å²) in [5.41, 5.74) is 4.07. The molecule has 0 saturated heterocycles. The Hall–Kier alpha value is -4.10. The third kappa shape index (κ3) is 6.73. The summed E-state index contributed by atoms with van der Waals surface area (Å²) in [6, 6.07) is 27.3. The number of hydrogen-bond donors (Lipinski definition) is 1. The molecule has 3 aromatic carbocycles. The molecule has 1 atom stereocenters. The van der Waals surface area contributed by atoms with Crippen LogP contribution < -0.4 is 5.32 Å². The van der Waals surface area contributed by atoms with Gasteiger partial charge in [0.1, 0.15) is 5.01 Å². The summed E-state index contributed by atoms with van der Waals surface area (Å²) in [6.07, 6.45) is 3.49. The molecule has 7 heteroatoms. The van der Waals surface area contributed by atoms with Gasteiger partial charge in [0.15, 0.2) is 0 Å². The quantitative estimate of drug-likeness (QED) is 0.282. The molecule has 1 unspecified atom stereocenters. The van der Waals surface area contributed by atoms with Crippen molar-refractivity contribution in [3.63, 3.8) is 0 Å². The molecule has 0 fully saturated rings. The van der Waals surface area contributed by atoms with E-state index >= 15 is 0 Å². The SMILES string of the molecule is Cc1ccc(-c2nnc(NC(=O)CCN(C(=O)C=Cc3ccccc3)C(C)c3ccccc3)s2)cc1. The van der Waals surface area contributed by atoms with Crippen molar-refractivity contribution in [2.24, 2.45) is 0 Å². The van der Waals surface area contributed by atoms with E-state index in [0.717, 1.165) is 21.7 Å². The van der Waals surface area contributed by atoms with E-state index in [1.807, 2.05) is 98.8 Å². The number of hydrogen-bond acceptors (Lipinski definition) is 5. The number of nitrogens with one attached hydrogen (secondary N) is 1. The minimum atomic E-state index is -0.216.